The number of halogens is 1. The number of aromatic nitrogens is 1. The molecule has 39 heavy (non-hydrogen) atoms. The van der Waals surface area contributed by atoms with Crippen molar-refractivity contribution >= 4 is 66.5 Å². The number of ether oxygens (including phenoxy) is 2. The summed E-state index contributed by atoms with van der Waals surface area (Å²) in [6.45, 7) is 5.26. The third-order valence-electron chi connectivity index (χ3n) is 6.28. The molecule has 0 saturated carbocycles. The molecule has 0 N–H and O–H groups in total. The number of carbonyl (C=O) groups excluding carboxylic acids is 5. The van der Waals surface area contributed by atoms with Crippen LogP contribution in [-0.2, 0) is 42.9 Å². The summed E-state index contributed by atoms with van der Waals surface area (Å²) in [7, 11) is 4.63. The Hall–Kier alpha value is -3.27. The fourth-order valence-electron chi connectivity index (χ4n) is 4.42. The summed E-state index contributed by atoms with van der Waals surface area (Å²) in [4.78, 5) is 73.1. The minimum absolute atomic E-state index is 0.0554. The molecule has 1 aromatic heterocycles. The van der Waals surface area contributed by atoms with Crippen LogP contribution >= 0.6 is 23.1 Å². The van der Waals surface area contributed by atoms with Crippen molar-refractivity contribution < 1.29 is 47.3 Å². The Balaban J connectivity index is 1.55. The Labute approximate surface area is 231 Å². The number of nitrogens with zero attached hydrogens (tertiary/aromatic N) is 3. The minimum Gasteiger partial charge on any atom is -0.539 e. The molecule has 3 aliphatic rings. The quantitative estimate of drug-likeness (QED) is 0.0987. The molecule has 3 fully saturated rings. The smallest absolute Gasteiger partial charge is 0.378 e. The van der Waals surface area contributed by atoms with Crippen molar-refractivity contribution in [2.75, 3.05) is 12.4 Å². The van der Waals surface area contributed by atoms with E-state index >= 15 is 0 Å². The third kappa shape index (κ3) is 5.44. The lowest BCUT2D eigenvalue weighted by Crippen LogP contribution is -2.75. The van der Waals surface area contributed by atoms with E-state index in [4.69, 9.17) is 9.47 Å². The van der Waals surface area contributed by atoms with Gasteiger partial charge in [0.2, 0.25) is 5.91 Å². The van der Waals surface area contributed by atoms with Gasteiger partial charge in [-0.15, -0.1) is 23.1 Å². The zero-order valence-electron chi connectivity index (χ0n) is 21.1. The molecule has 1 amide bonds. The number of amides is 1. The standard InChI is InChI=1S/C23H23BFN3O9S2/c1-10(2)4-5-34-22(33)23-12(6-16(30)35-23)8-39-20-13(19(31)28(20)23)7-15(29)17(14-9-38-11(3)26-14)27-37-18(25)21(32)36-24/h4,9,12-13,18,20H,5-8H2,1-3H3/b27-17-/t12-,13+,18?,20+,23+/m0/s1. The molecule has 16 heteroatoms. The lowest BCUT2D eigenvalue weighted by Gasteiger charge is -2.57. The van der Waals surface area contributed by atoms with Crippen molar-refractivity contribution in [3.8, 4) is 0 Å². The molecule has 4 rings (SSSR count). The van der Waals surface area contributed by atoms with Gasteiger partial charge in [-0.3, -0.25) is 19.3 Å². The van der Waals surface area contributed by atoms with Gasteiger partial charge >= 0.3 is 32.3 Å². The lowest BCUT2D eigenvalue weighted by atomic mass is 9.84. The van der Waals surface area contributed by atoms with Gasteiger partial charge in [0.1, 0.15) is 12.3 Å². The number of carbonyl (C=O) groups is 5. The Morgan fingerprint density at radius 3 is 2.77 bits per heavy atom. The van der Waals surface area contributed by atoms with Crippen molar-refractivity contribution in [3.63, 3.8) is 0 Å². The number of hydrogen-bond acceptors (Lipinski definition) is 13. The zero-order chi connectivity index (χ0) is 28.5. The highest BCUT2D eigenvalue weighted by Crippen LogP contribution is 2.54. The number of allylic oxidation sites excluding steroid dienone is 1. The minimum atomic E-state index is -2.70. The number of esters is 2. The molecule has 3 aliphatic heterocycles. The van der Waals surface area contributed by atoms with E-state index in [1.54, 1.807) is 13.0 Å². The van der Waals surface area contributed by atoms with Gasteiger partial charge in [-0.1, -0.05) is 10.7 Å². The summed E-state index contributed by atoms with van der Waals surface area (Å²) in [5, 5.41) is 4.84. The van der Waals surface area contributed by atoms with E-state index in [9.17, 15) is 28.4 Å². The summed E-state index contributed by atoms with van der Waals surface area (Å²) in [6, 6.07) is 0. The fourth-order valence-corrected chi connectivity index (χ4v) is 6.65. The lowest BCUT2D eigenvalue weighted by molar-refractivity contribution is -0.222. The second-order valence-corrected chi connectivity index (χ2v) is 11.4. The number of aryl methyl sites for hydroxylation is 1. The van der Waals surface area contributed by atoms with Crippen molar-refractivity contribution in [3.05, 3.63) is 27.7 Å². The van der Waals surface area contributed by atoms with Crippen LogP contribution in [0.4, 0.5) is 4.39 Å². The maximum absolute atomic E-state index is 13.8. The predicted molar refractivity (Wildman–Crippen MR) is 135 cm³/mol. The number of ketones is 1. The van der Waals surface area contributed by atoms with E-state index < -0.39 is 71.0 Å². The first-order valence-corrected chi connectivity index (χ1v) is 13.6. The first-order chi connectivity index (χ1) is 18.5. The average Bonchev–Trinajstić information content (AvgIpc) is 3.47. The van der Waals surface area contributed by atoms with Gasteiger partial charge in [-0.25, -0.2) is 14.6 Å². The van der Waals surface area contributed by atoms with Crippen LogP contribution in [0.2, 0.25) is 0 Å². The summed E-state index contributed by atoms with van der Waals surface area (Å²) in [5.41, 5.74) is -1.36. The van der Waals surface area contributed by atoms with E-state index in [1.807, 2.05) is 13.8 Å². The van der Waals surface area contributed by atoms with E-state index in [0.29, 0.717) is 10.8 Å². The van der Waals surface area contributed by atoms with Crippen LogP contribution in [-0.4, -0.2) is 83.1 Å². The number of Topliss-reactive ketones (excluding diaryl/α,β-unsaturated/α-hetero) is 1. The second kappa shape index (κ2) is 11.5. The van der Waals surface area contributed by atoms with E-state index in [1.165, 1.54) is 33.4 Å². The molecule has 0 aromatic carbocycles. The maximum atomic E-state index is 13.8. The van der Waals surface area contributed by atoms with Gasteiger partial charge < -0.3 is 19.0 Å². The van der Waals surface area contributed by atoms with Crippen LogP contribution in [0.1, 0.15) is 37.4 Å². The fraction of sp³-hybridized carbons (Fsp3) is 0.522. The van der Waals surface area contributed by atoms with Crippen LogP contribution in [0.5, 0.6) is 0 Å². The van der Waals surface area contributed by atoms with E-state index in [0.717, 1.165) is 5.57 Å². The molecule has 1 unspecified atom stereocenters. The van der Waals surface area contributed by atoms with Crippen LogP contribution in [0.3, 0.4) is 0 Å². The van der Waals surface area contributed by atoms with Crippen molar-refractivity contribution in [2.45, 2.75) is 51.1 Å². The monoisotopic (exact) mass is 579 g/mol. The topological polar surface area (TPSA) is 151 Å². The van der Waals surface area contributed by atoms with Crippen LogP contribution in [0, 0.1) is 18.8 Å². The molecule has 206 valence electrons. The summed E-state index contributed by atoms with van der Waals surface area (Å²) >= 11 is 2.49. The Kier molecular flexibility index (Phi) is 8.44. The Bertz CT molecular complexity index is 1270. The van der Waals surface area contributed by atoms with Crippen molar-refractivity contribution in [1.29, 1.82) is 0 Å². The largest absolute Gasteiger partial charge is 0.539 e. The highest BCUT2D eigenvalue weighted by Gasteiger charge is 2.71. The zero-order valence-corrected chi connectivity index (χ0v) is 22.7. The number of rotatable bonds is 10. The average molecular weight is 579 g/mol. The van der Waals surface area contributed by atoms with Gasteiger partial charge in [0, 0.05) is 23.5 Å². The van der Waals surface area contributed by atoms with E-state index in [-0.39, 0.29) is 18.7 Å². The first kappa shape index (κ1) is 28.7. The number of oxime groups is 1. The van der Waals surface area contributed by atoms with Crippen molar-refractivity contribution in [1.82, 2.24) is 9.88 Å². The molecule has 2 radical (unpaired) electrons. The summed E-state index contributed by atoms with van der Waals surface area (Å²) in [5.74, 6) is -5.58. The van der Waals surface area contributed by atoms with Crippen LogP contribution < -0.4 is 0 Å². The number of thiazole rings is 1. The maximum Gasteiger partial charge on any atom is 0.378 e. The van der Waals surface area contributed by atoms with Gasteiger partial charge in [0.15, 0.2) is 11.5 Å². The first-order valence-electron chi connectivity index (χ1n) is 11.7. The van der Waals surface area contributed by atoms with Crippen LogP contribution in [0.25, 0.3) is 0 Å². The Morgan fingerprint density at radius 1 is 1.38 bits per heavy atom. The van der Waals surface area contributed by atoms with Crippen molar-refractivity contribution in [2.24, 2.45) is 17.0 Å². The molecule has 12 nitrogen and oxygen atoms in total. The SMILES string of the molecule is [B]OC(=O)C(F)O/N=C(\C(=O)C[C@@H]1C(=O)N2[C@@H]1SC[C@@H]1CC(=O)O[C@@]12C(=O)OCC=C(C)C)c1csc(C)n1. The molecule has 0 bridgehead atoms. The number of fused-ring (bicyclic) bond motifs is 3. The molecule has 5 atom stereocenters. The number of alkyl halides is 1. The van der Waals surface area contributed by atoms with Gasteiger partial charge in [0.05, 0.1) is 22.7 Å². The summed E-state index contributed by atoms with van der Waals surface area (Å²) in [6.07, 6.45) is -1.48. The Morgan fingerprint density at radius 2 is 2.13 bits per heavy atom. The van der Waals surface area contributed by atoms with Gasteiger partial charge in [-0.05, 0) is 26.8 Å². The summed E-state index contributed by atoms with van der Waals surface area (Å²) < 4.78 is 28.4. The normalized spacial score (nSPS) is 26.4. The van der Waals surface area contributed by atoms with Gasteiger partial charge in [0.25, 0.3) is 5.72 Å². The van der Waals surface area contributed by atoms with Gasteiger partial charge in [-0.2, -0.15) is 4.39 Å². The highest BCUT2D eigenvalue weighted by molar-refractivity contribution is 8.00. The third-order valence-corrected chi connectivity index (χ3v) is 8.53. The number of β-lactam (4-membered cyclic amide) rings is 1. The molecule has 4 heterocycles. The molecule has 1 aromatic rings. The molecule has 0 spiro atoms. The molecule has 3 saturated heterocycles. The predicted octanol–water partition coefficient (Wildman–Crippen LogP) is 1.35. The number of hydrogen-bond donors (Lipinski definition) is 0. The number of thioether (sulfide) groups is 1. The highest BCUT2D eigenvalue weighted by atomic mass is 32.2. The second-order valence-electron chi connectivity index (χ2n) is 9.17. The van der Waals surface area contributed by atoms with E-state index in [2.05, 4.69) is 27.7 Å². The molecular formula is C23H23BFN3O9S2. The molecule has 0 aliphatic carbocycles. The molecular weight excluding hydrogens is 556 g/mol. The van der Waals surface area contributed by atoms with Crippen LogP contribution in [0.15, 0.2) is 22.2 Å².